The molecule has 0 fully saturated rings. The van der Waals surface area contributed by atoms with Crippen molar-refractivity contribution in [2.45, 2.75) is 38.5 Å². The predicted octanol–water partition coefficient (Wildman–Crippen LogP) is 2.73. The molecule has 2 nitrogen and oxygen atoms in total. The van der Waals surface area contributed by atoms with Crippen molar-refractivity contribution in [2.24, 2.45) is 0 Å². The van der Waals surface area contributed by atoms with E-state index in [1.807, 2.05) is 0 Å². The van der Waals surface area contributed by atoms with Crippen LogP contribution in [-0.2, 0) is 24.0 Å². The smallest absolute Gasteiger partial charge is 0.0587 e. The van der Waals surface area contributed by atoms with Gasteiger partial charge in [0.2, 0.25) is 0 Å². The molecule has 0 saturated carbocycles. The molecule has 0 spiro atoms. The van der Waals surface area contributed by atoms with Gasteiger partial charge in [-0.2, -0.15) is 0 Å². The highest BCUT2D eigenvalue weighted by atomic mass is 16.5. The average Bonchev–Trinajstić information content (AvgIpc) is 2.85. The highest BCUT2D eigenvalue weighted by Crippen LogP contribution is 2.23. The molecule has 0 saturated heterocycles. The van der Waals surface area contributed by atoms with Crippen LogP contribution in [0.2, 0.25) is 0 Å². The summed E-state index contributed by atoms with van der Waals surface area (Å²) in [5.41, 5.74) is 4.71. The Hall–Kier alpha value is -0.860. The summed E-state index contributed by atoms with van der Waals surface area (Å²) in [5.74, 6) is 0. The lowest BCUT2D eigenvalue weighted by Crippen LogP contribution is -2.20. The first kappa shape index (κ1) is 13.6. The third-order valence-corrected chi connectivity index (χ3v) is 3.71. The zero-order valence-electron chi connectivity index (χ0n) is 11.5. The van der Waals surface area contributed by atoms with Gasteiger partial charge in [0, 0.05) is 13.7 Å². The van der Waals surface area contributed by atoms with Crippen LogP contribution in [0, 0.1) is 0 Å². The van der Waals surface area contributed by atoms with Gasteiger partial charge in [-0.3, -0.25) is 0 Å². The van der Waals surface area contributed by atoms with E-state index in [1.54, 1.807) is 18.2 Å². The summed E-state index contributed by atoms with van der Waals surface area (Å²) < 4.78 is 5.00. The van der Waals surface area contributed by atoms with Gasteiger partial charge in [0.05, 0.1) is 6.61 Å². The minimum atomic E-state index is 0.810. The Labute approximate surface area is 111 Å². The molecule has 0 atom stereocenters. The summed E-state index contributed by atoms with van der Waals surface area (Å²) in [6, 6.07) is 7.09. The van der Waals surface area contributed by atoms with Gasteiger partial charge >= 0.3 is 0 Å². The Bertz CT molecular complexity index is 362. The van der Waals surface area contributed by atoms with Gasteiger partial charge in [-0.1, -0.05) is 18.2 Å². The number of unbranched alkanes of at least 4 members (excludes halogenated alkanes) is 1. The fourth-order valence-electron chi connectivity index (χ4n) is 2.66. The van der Waals surface area contributed by atoms with Gasteiger partial charge in [0.25, 0.3) is 0 Å². The molecule has 0 bridgehead atoms. The van der Waals surface area contributed by atoms with Crippen LogP contribution in [0.3, 0.4) is 0 Å². The van der Waals surface area contributed by atoms with Gasteiger partial charge in [-0.25, -0.2) is 0 Å². The Kier molecular flexibility index (Phi) is 5.69. The summed E-state index contributed by atoms with van der Waals surface area (Å²) in [4.78, 5) is 0. The van der Waals surface area contributed by atoms with Gasteiger partial charge in [-0.15, -0.1) is 0 Å². The molecule has 2 heteroatoms. The van der Waals surface area contributed by atoms with Crippen molar-refractivity contribution >= 4 is 0 Å². The number of hydrogen-bond acceptors (Lipinski definition) is 2. The van der Waals surface area contributed by atoms with Crippen molar-refractivity contribution in [1.82, 2.24) is 5.32 Å². The van der Waals surface area contributed by atoms with E-state index in [0.717, 1.165) is 19.7 Å². The standard InChI is InChI=1S/C16H25NO/c1-18-12-11-17-10-3-2-5-14-8-9-15-6-4-7-16(15)13-14/h8-9,13,17H,2-7,10-12H2,1H3. The molecule has 100 valence electrons. The number of nitrogens with one attached hydrogen (secondary N) is 1. The highest BCUT2D eigenvalue weighted by Gasteiger charge is 2.10. The molecule has 0 aliphatic heterocycles. The maximum Gasteiger partial charge on any atom is 0.0587 e. The van der Waals surface area contributed by atoms with Crippen LogP contribution in [-0.4, -0.2) is 26.8 Å². The number of aryl methyl sites for hydroxylation is 3. The summed E-state index contributed by atoms with van der Waals surface area (Å²) in [7, 11) is 1.75. The number of hydrogen-bond donors (Lipinski definition) is 1. The van der Waals surface area contributed by atoms with E-state index in [1.165, 1.54) is 44.1 Å². The fourth-order valence-corrected chi connectivity index (χ4v) is 2.66. The minimum Gasteiger partial charge on any atom is -0.383 e. The Morgan fingerprint density at radius 2 is 2.00 bits per heavy atom. The van der Waals surface area contributed by atoms with Crippen LogP contribution in [0.1, 0.15) is 36.0 Å². The zero-order valence-corrected chi connectivity index (χ0v) is 11.5. The number of rotatable bonds is 8. The van der Waals surface area contributed by atoms with E-state index in [9.17, 15) is 0 Å². The zero-order chi connectivity index (χ0) is 12.6. The third-order valence-electron chi connectivity index (χ3n) is 3.71. The molecule has 1 aromatic rings. The number of ether oxygens (including phenoxy) is 1. The van der Waals surface area contributed by atoms with E-state index < -0.39 is 0 Å². The Morgan fingerprint density at radius 1 is 1.11 bits per heavy atom. The third kappa shape index (κ3) is 4.11. The molecule has 18 heavy (non-hydrogen) atoms. The second-order valence-electron chi connectivity index (χ2n) is 5.16. The van der Waals surface area contributed by atoms with E-state index in [0.29, 0.717) is 0 Å². The first-order valence-corrected chi connectivity index (χ1v) is 7.20. The second-order valence-corrected chi connectivity index (χ2v) is 5.16. The van der Waals surface area contributed by atoms with Gasteiger partial charge < -0.3 is 10.1 Å². The SMILES string of the molecule is COCCNCCCCc1ccc2c(c1)CCC2. The lowest BCUT2D eigenvalue weighted by Gasteiger charge is -2.06. The minimum absolute atomic E-state index is 0.810. The van der Waals surface area contributed by atoms with Crippen LogP contribution in [0.5, 0.6) is 0 Å². The van der Waals surface area contributed by atoms with Crippen LogP contribution < -0.4 is 5.32 Å². The molecule has 1 aliphatic carbocycles. The van der Waals surface area contributed by atoms with Crippen molar-refractivity contribution in [1.29, 1.82) is 0 Å². The molecule has 0 aromatic heterocycles. The fraction of sp³-hybridized carbons (Fsp3) is 0.625. The average molecular weight is 247 g/mol. The van der Waals surface area contributed by atoms with Crippen molar-refractivity contribution in [3.8, 4) is 0 Å². The first-order valence-electron chi connectivity index (χ1n) is 7.20. The molecule has 1 aliphatic rings. The molecule has 0 amide bonds. The lowest BCUT2D eigenvalue weighted by molar-refractivity contribution is 0.199. The highest BCUT2D eigenvalue weighted by molar-refractivity contribution is 5.35. The van der Waals surface area contributed by atoms with Crippen molar-refractivity contribution in [3.05, 3.63) is 34.9 Å². The topological polar surface area (TPSA) is 21.3 Å². The van der Waals surface area contributed by atoms with Crippen LogP contribution in [0.25, 0.3) is 0 Å². The molecule has 0 heterocycles. The monoisotopic (exact) mass is 247 g/mol. The molecule has 0 unspecified atom stereocenters. The number of benzene rings is 1. The van der Waals surface area contributed by atoms with E-state index >= 15 is 0 Å². The quantitative estimate of drug-likeness (QED) is 0.713. The van der Waals surface area contributed by atoms with E-state index in [4.69, 9.17) is 4.74 Å². The maximum atomic E-state index is 5.00. The molecule has 1 N–H and O–H groups in total. The largest absolute Gasteiger partial charge is 0.383 e. The van der Waals surface area contributed by atoms with Crippen LogP contribution in [0.4, 0.5) is 0 Å². The van der Waals surface area contributed by atoms with Crippen molar-refractivity contribution < 1.29 is 4.74 Å². The summed E-state index contributed by atoms with van der Waals surface area (Å²) in [5, 5.41) is 3.39. The first-order chi connectivity index (χ1) is 8.90. The summed E-state index contributed by atoms with van der Waals surface area (Å²) >= 11 is 0. The van der Waals surface area contributed by atoms with Crippen LogP contribution in [0.15, 0.2) is 18.2 Å². The van der Waals surface area contributed by atoms with Crippen LogP contribution >= 0.6 is 0 Å². The van der Waals surface area contributed by atoms with E-state index in [-0.39, 0.29) is 0 Å². The Morgan fingerprint density at radius 3 is 2.89 bits per heavy atom. The number of methoxy groups -OCH3 is 1. The summed E-state index contributed by atoms with van der Waals surface area (Å²) in [6.45, 7) is 2.88. The van der Waals surface area contributed by atoms with Gasteiger partial charge in [0.15, 0.2) is 0 Å². The maximum absolute atomic E-state index is 5.00. The predicted molar refractivity (Wildman–Crippen MR) is 76.2 cm³/mol. The van der Waals surface area contributed by atoms with Gasteiger partial charge in [-0.05, 0) is 61.8 Å². The molecule has 0 radical (unpaired) electrons. The van der Waals surface area contributed by atoms with Crippen molar-refractivity contribution in [3.63, 3.8) is 0 Å². The summed E-state index contributed by atoms with van der Waals surface area (Å²) in [6.07, 6.45) is 7.68. The lowest BCUT2D eigenvalue weighted by atomic mass is 10.0. The van der Waals surface area contributed by atoms with E-state index in [2.05, 4.69) is 23.5 Å². The molecule has 2 rings (SSSR count). The second kappa shape index (κ2) is 7.55. The number of fused-ring (bicyclic) bond motifs is 1. The Balaban J connectivity index is 1.62. The van der Waals surface area contributed by atoms with Crippen molar-refractivity contribution in [2.75, 3.05) is 26.8 Å². The normalized spacial score (nSPS) is 13.8. The molecule has 1 aromatic carbocycles. The molecular weight excluding hydrogens is 222 g/mol. The molecular formula is C16H25NO. The van der Waals surface area contributed by atoms with Gasteiger partial charge in [0.1, 0.15) is 0 Å².